The number of hydrogen-bond donors (Lipinski definition) is 4. The molecular formula is C26H34N5O4+. The first kappa shape index (κ1) is 25.9. The molecule has 3 rings (SSSR count). The van der Waals surface area contributed by atoms with Crippen molar-refractivity contribution in [1.82, 2.24) is 15.5 Å². The Labute approximate surface area is 205 Å². The lowest BCUT2D eigenvalue weighted by molar-refractivity contribution is -0.255. The van der Waals surface area contributed by atoms with Crippen LogP contribution < -0.4 is 22.1 Å². The van der Waals surface area contributed by atoms with Crippen molar-refractivity contribution in [3.05, 3.63) is 65.2 Å². The van der Waals surface area contributed by atoms with Crippen LogP contribution in [0.25, 0.3) is 0 Å². The highest BCUT2D eigenvalue weighted by atomic mass is 16.2. The number of nitrogens with zero attached hydrogens (tertiary/aromatic N) is 1. The number of carbonyl (C=O) groups is 4. The molecule has 1 fully saturated rings. The van der Waals surface area contributed by atoms with Crippen molar-refractivity contribution < 1.29 is 24.9 Å². The van der Waals surface area contributed by atoms with E-state index in [1.54, 1.807) is 4.90 Å². The lowest BCUT2D eigenvalue weighted by Gasteiger charge is -2.25. The minimum absolute atomic E-state index is 0.106. The Morgan fingerprint density at radius 1 is 1.11 bits per heavy atom. The molecule has 2 aromatic carbocycles. The second-order valence-electron chi connectivity index (χ2n) is 8.98. The summed E-state index contributed by atoms with van der Waals surface area (Å²) in [6.45, 7) is 4.13. The topological polar surface area (TPSA) is 149 Å². The highest BCUT2D eigenvalue weighted by Gasteiger charge is 2.40. The van der Waals surface area contributed by atoms with Gasteiger partial charge in [-0.05, 0) is 43.5 Å². The zero-order chi connectivity index (χ0) is 25.5. The predicted octanol–water partition coefficient (Wildman–Crippen LogP) is 1.42. The monoisotopic (exact) mass is 480 g/mol. The van der Waals surface area contributed by atoms with Gasteiger partial charge >= 0.3 is 5.91 Å². The summed E-state index contributed by atoms with van der Waals surface area (Å²) in [4.78, 5) is 52.2. The van der Waals surface area contributed by atoms with Gasteiger partial charge in [-0.15, -0.1) is 0 Å². The number of unbranched alkanes of at least 4 members (excludes halogenated alkanes) is 1. The molecule has 1 heterocycles. The number of benzene rings is 2. The number of rotatable bonds is 9. The van der Waals surface area contributed by atoms with Crippen molar-refractivity contribution in [2.24, 2.45) is 0 Å². The van der Waals surface area contributed by atoms with E-state index in [1.807, 2.05) is 44.2 Å². The number of anilines is 1. The SMILES string of the molecule is CCCCC(=O)N1C[C@@H](NC(=O)c2cc(N)cc(C([NH3+])=O)c2)C[C@H]1C(=O)NC(C)c1ccccc1. The van der Waals surface area contributed by atoms with Gasteiger partial charge in [-0.25, -0.2) is 4.79 Å². The third-order valence-corrected chi connectivity index (χ3v) is 6.20. The molecule has 1 saturated heterocycles. The maximum absolute atomic E-state index is 13.2. The normalized spacial score (nSPS) is 18.1. The molecule has 1 aliphatic heterocycles. The molecule has 4 amide bonds. The van der Waals surface area contributed by atoms with E-state index < -0.39 is 23.9 Å². The van der Waals surface area contributed by atoms with E-state index in [0.29, 0.717) is 12.8 Å². The summed E-state index contributed by atoms with van der Waals surface area (Å²) in [7, 11) is 0. The number of carbonyl (C=O) groups excluding carboxylic acids is 4. The number of likely N-dealkylation sites (tertiary alicyclic amines) is 1. The van der Waals surface area contributed by atoms with E-state index in [4.69, 9.17) is 5.73 Å². The number of nitrogen functional groups attached to an aromatic ring is 1. The minimum Gasteiger partial charge on any atom is -0.399 e. The third-order valence-electron chi connectivity index (χ3n) is 6.20. The number of amides is 4. The lowest BCUT2D eigenvalue weighted by atomic mass is 10.1. The molecule has 3 atom stereocenters. The van der Waals surface area contributed by atoms with Gasteiger partial charge in [0.05, 0.1) is 11.6 Å². The van der Waals surface area contributed by atoms with E-state index in [2.05, 4.69) is 16.4 Å². The molecule has 9 nitrogen and oxygen atoms in total. The fourth-order valence-corrected chi connectivity index (χ4v) is 4.28. The molecule has 0 radical (unpaired) electrons. The van der Waals surface area contributed by atoms with Gasteiger partial charge in [0.25, 0.3) is 5.91 Å². The lowest BCUT2D eigenvalue weighted by Crippen LogP contribution is -2.56. The van der Waals surface area contributed by atoms with E-state index in [9.17, 15) is 19.2 Å². The van der Waals surface area contributed by atoms with Crippen molar-refractivity contribution >= 4 is 29.3 Å². The van der Waals surface area contributed by atoms with Crippen LogP contribution in [0.2, 0.25) is 0 Å². The summed E-state index contributed by atoms with van der Waals surface area (Å²) in [6, 6.07) is 12.6. The van der Waals surface area contributed by atoms with E-state index in [1.165, 1.54) is 18.2 Å². The standard InChI is InChI=1S/C26H33N5O4/c1-3-4-10-23(32)31-15-21(30-25(34)19-11-18(24(28)33)12-20(27)13-19)14-22(31)26(35)29-16(2)17-8-6-5-7-9-17/h5-9,11-13,16,21-22H,3-4,10,14-15,27H2,1-2H3,(H2,28,33)(H,29,35)(H,30,34)/p+1/t16?,21-,22-/m0/s1. The van der Waals surface area contributed by atoms with Crippen LogP contribution >= 0.6 is 0 Å². The van der Waals surface area contributed by atoms with Gasteiger partial charge in [-0.1, -0.05) is 43.7 Å². The van der Waals surface area contributed by atoms with Crippen LogP contribution in [-0.2, 0) is 9.59 Å². The predicted molar refractivity (Wildman–Crippen MR) is 132 cm³/mol. The average Bonchev–Trinajstić information content (AvgIpc) is 3.26. The molecule has 0 saturated carbocycles. The summed E-state index contributed by atoms with van der Waals surface area (Å²) in [5, 5.41) is 5.90. The second-order valence-corrected chi connectivity index (χ2v) is 8.98. The number of quaternary nitrogens is 1. The Balaban J connectivity index is 1.74. The van der Waals surface area contributed by atoms with Crippen LogP contribution in [-0.4, -0.2) is 47.2 Å². The molecular weight excluding hydrogens is 446 g/mol. The zero-order valence-electron chi connectivity index (χ0n) is 20.3. The Kier molecular flexibility index (Phi) is 8.59. The summed E-state index contributed by atoms with van der Waals surface area (Å²) in [5.74, 6) is -1.23. The van der Waals surface area contributed by atoms with Crippen molar-refractivity contribution in [3.8, 4) is 0 Å². The maximum atomic E-state index is 13.2. The van der Waals surface area contributed by atoms with E-state index in [0.717, 1.165) is 18.4 Å². The third kappa shape index (κ3) is 6.66. The van der Waals surface area contributed by atoms with Crippen molar-refractivity contribution in [3.63, 3.8) is 0 Å². The average molecular weight is 481 g/mol. The van der Waals surface area contributed by atoms with Crippen LogP contribution in [0.4, 0.5) is 5.69 Å². The number of hydrogen-bond acceptors (Lipinski definition) is 5. The van der Waals surface area contributed by atoms with Crippen molar-refractivity contribution in [2.75, 3.05) is 12.3 Å². The minimum atomic E-state index is -0.686. The van der Waals surface area contributed by atoms with Gasteiger partial charge in [0.1, 0.15) is 6.04 Å². The Morgan fingerprint density at radius 2 is 1.80 bits per heavy atom. The van der Waals surface area contributed by atoms with Crippen LogP contribution in [0.1, 0.15) is 71.9 Å². The Hall–Kier alpha value is -3.72. The molecule has 9 heteroatoms. The van der Waals surface area contributed by atoms with E-state index in [-0.39, 0.29) is 41.2 Å². The van der Waals surface area contributed by atoms with Gasteiger partial charge in [0.2, 0.25) is 11.8 Å². The Morgan fingerprint density at radius 3 is 2.46 bits per heavy atom. The van der Waals surface area contributed by atoms with Crippen LogP contribution in [0.15, 0.2) is 48.5 Å². The zero-order valence-corrected chi connectivity index (χ0v) is 20.3. The fourth-order valence-electron chi connectivity index (χ4n) is 4.28. The van der Waals surface area contributed by atoms with Gasteiger partial charge in [0.15, 0.2) is 0 Å². The largest absolute Gasteiger partial charge is 0.399 e. The Bertz CT molecular complexity index is 1090. The molecule has 7 N–H and O–H groups in total. The molecule has 186 valence electrons. The number of nitrogens with two attached hydrogens (primary N) is 1. The van der Waals surface area contributed by atoms with Crippen LogP contribution in [0.3, 0.4) is 0 Å². The molecule has 0 bridgehead atoms. The van der Waals surface area contributed by atoms with Crippen molar-refractivity contribution in [2.45, 2.75) is 57.7 Å². The molecule has 0 spiro atoms. The van der Waals surface area contributed by atoms with Gasteiger partial charge in [0, 0.05) is 30.3 Å². The van der Waals surface area contributed by atoms with Gasteiger partial charge in [-0.3, -0.25) is 20.1 Å². The van der Waals surface area contributed by atoms with Crippen LogP contribution in [0.5, 0.6) is 0 Å². The first-order valence-corrected chi connectivity index (χ1v) is 11.9. The van der Waals surface area contributed by atoms with Gasteiger partial charge < -0.3 is 21.3 Å². The quantitative estimate of drug-likeness (QED) is 0.401. The molecule has 2 aromatic rings. The summed E-state index contributed by atoms with van der Waals surface area (Å²) in [5.41, 5.74) is 10.9. The number of nitrogens with one attached hydrogen (secondary N) is 2. The molecule has 0 aliphatic carbocycles. The summed E-state index contributed by atoms with van der Waals surface area (Å²) >= 11 is 0. The fraction of sp³-hybridized carbons (Fsp3) is 0.385. The van der Waals surface area contributed by atoms with Crippen LogP contribution in [0, 0.1) is 0 Å². The van der Waals surface area contributed by atoms with Gasteiger partial charge in [-0.2, -0.15) is 0 Å². The second kappa shape index (κ2) is 11.6. The maximum Gasteiger partial charge on any atom is 0.341 e. The summed E-state index contributed by atoms with van der Waals surface area (Å²) < 4.78 is 0. The van der Waals surface area contributed by atoms with Crippen molar-refractivity contribution in [1.29, 1.82) is 0 Å². The highest BCUT2D eigenvalue weighted by molar-refractivity contribution is 5.98. The highest BCUT2D eigenvalue weighted by Crippen LogP contribution is 2.23. The smallest absolute Gasteiger partial charge is 0.341 e. The molecule has 35 heavy (non-hydrogen) atoms. The first-order valence-electron chi connectivity index (χ1n) is 11.9. The summed E-state index contributed by atoms with van der Waals surface area (Å²) in [6.07, 6.45) is 2.23. The van der Waals surface area contributed by atoms with E-state index >= 15 is 0 Å². The first-order chi connectivity index (χ1) is 16.7. The molecule has 1 aliphatic rings. The molecule has 1 unspecified atom stereocenters. The molecule has 0 aromatic heterocycles.